The highest BCUT2D eigenvalue weighted by molar-refractivity contribution is 7.20. The molecule has 154 valence electrons. The van der Waals surface area contributed by atoms with Gasteiger partial charge < -0.3 is 10.1 Å². The second-order valence-corrected chi connectivity index (χ2v) is 8.24. The molecule has 9 heteroatoms. The number of amides is 1. The fraction of sp³-hybridized carbons (Fsp3) is 0.632. The van der Waals surface area contributed by atoms with Crippen LogP contribution in [0.1, 0.15) is 40.3 Å². The van der Waals surface area contributed by atoms with Gasteiger partial charge in [-0.15, -0.1) is 23.7 Å². The van der Waals surface area contributed by atoms with Crippen LogP contribution in [-0.2, 0) is 17.7 Å². The van der Waals surface area contributed by atoms with E-state index in [2.05, 4.69) is 10.2 Å². The van der Waals surface area contributed by atoms with Crippen LogP contribution < -0.4 is 10.9 Å². The number of halogens is 1. The van der Waals surface area contributed by atoms with Crippen LogP contribution in [-0.4, -0.2) is 59.8 Å². The van der Waals surface area contributed by atoms with Crippen molar-refractivity contribution in [2.75, 3.05) is 39.4 Å². The molecule has 2 aliphatic heterocycles. The molecule has 0 saturated carbocycles. The van der Waals surface area contributed by atoms with E-state index in [1.165, 1.54) is 11.3 Å². The van der Waals surface area contributed by atoms with Gasteiger partial charge in [-0.1, -0.05) is 6.42 Å². The Morgan fingerprint density at radius 3 is 2.79 bits per heavy atom. The Hall–Kier alpha value is -1.48. The highest BCUT2D eigenvalue weighted by atomic mass is 35.5. The molecule has 28 heavy (non-hydrogen) atoms. The Bertz CT molecular complexity index is 905. The summed E-state index contributed by atoms with van der Waals surface area (Å²) in [6.45, 7) is 7.32. The van der Waals surface area contributed by atoms with Gasteiger partial charge in [-0.3, -0.25) is 19.1 Å². The normalized spacial score (nSPS) is 17.6. The maximum atomic E-state index is 13.0. The van der Waals surface area contributed by atoms with Crippen molar-refractivity contribution in [2.24, 2.45) is 0 Å². The lowest BCUT2D eigenvalue weighted by atomic mass is 10.2. The second-order valence-electron chi connectivity index (χ2n) is 7.24. The first-order valence-corrected chi connectivity index (χ1v) is 10.6. The lowest BCUT2D eigenvalue weighted by Crippen LogP contribution is -2.41. The van der Waals surface area contributed by atoms with Crippen molar-refractivity contribution < 1.29 is 9.53 Å². The minimum absolute atomic E-state index is 0. The molecule has 0 bridgehead atoms. The van der Waals surface area contributed by atoms with Gasteiger partial charge in [-0.05, 0) is 25.3 Å². The molecule has 7 nitrogen and oxygen atoms in total. The standard InChI is InChI=1S/C19H26N4O3S.ClH/c1-13-15-18(21-14-5-3-2-4-7-23(14)19(15)25)27-16(13)17(24)20-6-8-22-9-11-26-12-10-22;/h2-12H2,1H3,(H,20,24);1H. The Morgan fingerprint density at radius 1 is 1.21 bits per heavy atom. The number of thiophene rings is 1. The lowest BCUT2D eigenvalue weighted by molar-refractivity contribution is 0.0383. The minimum Gasteiger partial charge on any atom is -0.379 e. The fourth-order valence-electron chi connectivity index (χ4n) is 3.86. The van der Waals surface area contributed by atoms with Gasteiger partial charge in [-0.25, -0.2) is 4.98 Å². The van der Waals surface area contributed by atoms with E-state index in [1.807, 2.05) is 11.5 Å². The van der Waals surface area contributed by atoms with Crippen LogP contribution in [0.2, 0.25) is 0 Å². The quantitative estimate of drug-likeness (QED) is 0.808. The molecule has 2 aromatic rings. The van der Waals surface area contributed by atoms with Crippen LogP contribution in [0, 0.1) is 6.92 Å². The highest BCUT2D eigenvalue weighted by Gasteiger charge is 2.22. The molecule has 1 N–H and O–H groups in total. The number of carbonyl (C=O) groups is 1. The maximum Gasteiger partial charge on any atom is 0.262 e. The van der Waals surface area contributed by atoms with E-state index in [1.54, 1.807) is 0 Å². The summed E-state index contributed by atoms with van der Waals surface area (Å²) < 4.78 is 7.16. The average Bonchev–Trinajstić information content (AvgIpc) is 2.85. The highest BCUT2D eigenvalue weighted by Crippen LogP contribution is 2.28. The summed E-state index contributed by atoms with van der Waals surface area (Å²) in [6, 6.07) is 0. The largest absolute Gasteiger partial charge is 0.379 e. The van der Waals surface area contributed by atoms with E-state index in [0.717, 1.165) is 76.5 Å². The number of nitrogens with zero attached hydrogens (tertiary/aromatic N) is 3. The Balaban J connectivity index is 0.00000225. The van der Waals surface area contributed by atoms with Crippen LogP contribution in [0.25, 0.3) is 10.2 Å². The van der Waals surface area contributed by atoms with E-state index in [0.29, 0.717) is 21.6 Å². The molecule has 0 radical (unpaired) electrons. The zero-order valence-corrected chi connectivity index (χ0v) is 17.8. The molecule has 1 amide bonds. The molecule has 4 rings (SSSR count). The second kappa shape index (κ2) is 9.35. The smallest absolute Gasteiger partial charge is 0.262 e. The molecule has 0 atom stereocenters. The predicted molar refractivity (Wildman–Crippen MR) is 113 cm³/mol. The van der Waals surface area contributed by atoms with Gasteiger partial charge in [-0.2, -0.15) is 0 Å². The minimum atomic E-state index is -0.108. The number of ether oxygens (including phenoxy) is 1. The molecule has 0 aromatic carbocycles. The average molecular weight is 427 g/mol. The molecule has 2 aromatic heterocycles. The number of aryl methyl sites for hydroxylation is 2. The SMILES string of the molecule is Cc1c(C(=O)NCCN2CCOCC2)sc2nc3n(c(=O)c12)CCCCC3.Cl. The van der Waals surface area contributed by atoms with Crippen LogP contribution in [0.15, 0.2) is 4.79 Å². The molecular weight excluding hydrogens is 400 g/mol. The van der Waals surface area contributed by atoms with Gasteiger partial charge in [0.15, 0.2) is 0 Å². The molecule has 0 unspecified atom stereocenters. The summed E-state index contributed by atoms with van der Waals surface area (Å²) in [7, 11) is 0. The number of nitrogens with one attached hydrogen (secondary N) is 1. The van der Waals surface area contributed by atoms with Crippen LogP contribution >= 0.6 is 23.7 Å². The third kappa shape index (κ3) is 4.25. The van der Waals surface area contributed by atoms with Crippen LogP contribution in [0.3, 0.4) is 0 Å². The van der Waals surface area contributed by atoms with Crippen LogP contribution in [0.5, 0.6) is 0 Å². The molecule has 1 fully saturated rings. The van der Waals surface area contributed by atoms with Gasteiger partial charge in [0, 0.05) is 39.1 Å². The Labute approximate surface area is 174 Å². The van der Waals surface area contributed by atoms with Crippen LogP contribution in [0.4, 0.5) is 0 Å². The number of fused-ring (bicyclic) bond motifs is 2. The third-order valence-corrected chi connectivity index (χ3v) is 6.62. The third-order valence-electron chi connectivity index (χ3n) is 5.44. The van der Waals surface area contributed by atoms with E-state index < -0.39 is 0 Å². The zero-order chi connectivity index (χ0) is 18.8. The first-order chi connectivity index (χ1) is 13.1. The maximum absolute atomic E-state index is 13.0. The van der Waals surface area contributed by atoms with Crippen molar-refractivity contribution in [1.29, 1.82) is 0 Å². The van der Waals surface area contributed by atoms with E-state index in [9.17, 15) is 9.59 Å². The van der Waals surface area contributed by atoms with Gasteiger partial charge in [0.05, 0.1) is 23.5 Å². The zero-order valence-electron chi connectivity index (χ0n) is 16.2. The first-order valence-electron chi connectivity index (χ1n) is 9.76. The summed E-state index contributed by atoms with van der Waals surface area (Å²) in [5.74, 6) is 0.758. The Morgan fingerprint density at radius 2 is 2.00 bits per heavy atom. The molecule has 0 spiro atoms. The van der Waals surface area contributed by atoms with Gasteiger partial charge in [0.25, 0.3) is 11.5 Å². The lowest BCUT2D eigenvalue weighted by Gasteiger charge is -2.26. The van der Waals surface area contributed by atoms with Gasteiger partial charge >= 0.3 is 0 Å². The molecule has 1 saturated heterocycles. The summed E-state index contributed by atoms with van der Waals surface area (Å²) in [5, 5.41) is 3.61. The topological polar surface area (TPSA) is 76.5 Å². The number of hydrogen-bond donors (Lipinski definition) is 1. The van der Waals surface area contributed by atoms with Gasteiger partial charge in [0.2, 0.25) is 0 Å². The monoisotopic (exact) mass is 426 g/mol. The van der Waals surface area contributed by atoms with E-state index >= 15 is 0 Å². The summed E-state index contributed by atoms with van der Waals surface area (Å²) in [5.41, 5.74) is 0.772. The fourth-order valence-corrected chi connectivity index (χ4v) is 4.97. The predicted octanol–water partition coefficient (Wildman–Crippen LogP) is 1.98. The number of morpholine rings is 1. The van der Waals surface area contributed by atoms with Crippen molar-refractivity contribution in [3.05, 3.63) is 26.6 Å². The molecular formula is C19H27ClN4O3S. The Kier molecular flexibility index (Phi) is 7.09. The summed E-state index contributed by atoms with van der Waals surface area (Å²) in [4.78, 5) is 34.0. The number of aromatic nitrogens is 2. The summed E-state index contributed by atoms with van der Waals surface area (Å²) in [6.07, 6.45) is 4.05. The summed E-state index contributed by atoms with van der Waals surface area (Å²) >= 11 is 1.34. The van der Waals surface area contributed by atoms with E-state index in [4.69, 9.17) is 9.72 Å². The van der Waals surface area contributed by atoms with Crippen molar-refractivity contribution in [3.63, 3.8) is 0 Å². The van der Waals surface area contributed by atoms with Crippen molar-refractivity contribution in [1.82, 2.24) is 19.8 Å². The number of hydrogen-bond acceptors (Lipinski definition) is 6. The molecule has 2 aliphatic rings. The van der Waals surface area contributed by atoms with Crippen molar-refractivity contribution in [2.45, 2.75) is 39.2 Å². The first kappa shape index (κ1) is 21.2. The van der Waals surface area contributed by atoms with Crippen molar-refractivity contribution in [3.8, 4) is 0 Å². The molecule has 4 heterocycles. The number of rotatable bonds is 4. The molecule has 0 aliphatic carbocycles. The van der Waals surface area contributed by atoms with Gasteiger partial charge in [0.1, 0.15) is 10.7 Å². The van der Waals surface area contributed by atoms with Crippen molar-refractivity contribution >= 4 is 39.9 Å². The van der Waals surface area contributed by atoms with E-state index in [-0.39, 0.29) is 23.9 Å². The number of carbonyl (C=O) groups excluding carboxylic acids is 1.